The van der Waals surface area contributed by atoms with E-state index in [0.717, 1.165) is 17.1 Å². The van der Waals surface area contributed by atoms with Crippen LogP contribution in [-0.4, -0.2) is 0 Å². The van der Waals surface area contributed by atoms with E-state index < -0.39 is 0 Å². The van der Waals surface area contributed by atoms with E-state index in [-0.39, 0.29) is 0 Å². The number of nitrogens with zero attached hydrogens (tertiary/aromatic N) is 1. The van der Waals surface area contributed by atoms with Gasteiger partial charge >= 0.3 is 0 Å². The highest BCUT2D eigenvalue weighted by Crippen LogP contribution is 2.42. The molecule has 0 aliphatic heterocycles. The number of hydrogen-bond donors (Lipinski definition) is 0. The Balaban J connectivity index is 1.06. The maximum atomic E-state index is 2.33. The van der Waals surface area contributed by atoms with Crippen molar-refractivity contribution in [1.29, 1.82) is 0 Å². The predicted molar refractivity (Wildman–Crippen MR) is 208 cm³/mol. The molecular formula is C46H31NS. The summed E-state index contributed by atoms with van der Waals surface area (Å²) in [4.78, 5) is 2.33. The van der Waals surface area contributed by atoms with E-state index in [4.69, 9.17) is 0 Å². The van der Waals surface area contributed by atoms with E-state index in [1.807, 2.05) is 11.3 Å². The van der Waals surface area contributed by atoms with Crippen molar-refractivity contribution in [2.24, 2.45) is 0 Å². The van der Waals surface area contributed by atoms with Gasteiger partial charge in [0.05, 0.1) is 0 Å². The lowest BCUT2D eigenvalue weighted by Crippen LogP contribution is -2.09. The summed E-state index contributed by atoms with van der Waals surface area (Å²) in [7, 11) is 0. The molecule has 9 rings (SSSR count). The van der Waals surface area contributed by atoms with Crippen molar-refractivity contribution < 1.29 is 0 Å². The fourth-order valence-electron chi connectivity index (χ4n) is 6.94. The molecule has 9 aromatic rings. The zero-order valence-corrected chi connectivity index (χ0v) is 27.1. The van der Waals surface area contributed by atoms with Crippen LogP contribution in [0.1, 0.15) is 0 Å². The molecule has 0 spiro atoms. The third-order valence-corrected chi connectivity index (χ3v) is 10.5. The van der Waals surface area contributed by atoms with Gasteiger partial charge in [0.1, 0.15) is 0 Å². The van der Waals surface area contributed by atoms with Gasteiger partial charge < -0.3 is 4.90 Å². The van der Waals surface area contributed by atoms with Gasteiger partial charge in [0.15, 0.2) is 0 Å². The summed E-state index contributed by atoms with van der Waals surface area (Å²) >= 11 is 1.88. The maximum Gasteiger partial charge on any atom is 0.0462 e. The molecule has 0 saturated carbocycles. The summed E-state index contributed by atoms with van der Waals surface area (Å²) in [6, 6.07) is 68.0. The molecule has 1 nitrogen and oxygen atoms in total. The minimum Gasteiger partial charge on any atom is -0.311 e. The van der Waals surface area contributed by atoms with E-state index in [0.29, 0.717) is 0 Å². The Bertz CT molecular complexity index is 2540. The monoisotopic (exact) mass is 629 g/mol. The second kappa shape index (κ2) is 12.0. The topological polar surface area (TPSA) is 3.24 Å². The average Bonchev–Trinajstić information content (AvgIpc) is 3.55. The van der Waals surface area contributed by atoms with Crippen molar-refractivity contribution in [1.82, 2.24) is 0 Å². The summed E-state index contributed by atoms with van der Waals surface area (Å²) < 4.78 is 2.67. The lowest BCUT2D eigenvalue weighted by molar-refractivity contribution is 1.28. The van der Waals surface area contributed by atoms with Crippen LogP contribution in [0.5, 0.6) is 0 Å². The Kier molecular flexibility index (Phi) is 7.07. The molecule has 0 atom stereocenters. The van der Waals surface area contributed by atoms with E-state index in [1.165, 1.54) is 64.3 Å². The molecule has 0 unspecified atom stereocenters. The smallest absolute Gasteiger partial charge is 0.0462 e. The van der Waals surface area contributed by atoms with Crippen LogP contribution in [0, 0.1) is 0 Å². The van der Waals surface area contributed by atoms with Gasteiger partial charge in [-0.3, -0.25) is 0 Å². The minimum atomic E-state index is 1.12. The molecular weight excluding hydrogens is 599 g/mol. The first kappa shape index (κ1) is 28.3. The average molecular weight is 630 g/mol. The van der Waals surface area contributed by atoms with Crippen LogP contribution >= 0.6 is 11.3 Å². The fourth-order valence-corrected chi connectivity index (χ4v) is 8.17. The summed E-state index contributed by atoms with van der Waals surface area (Å²) in [5, 5.41) is 5.19. The molecule has 226 valence electrons. The molecule has 0 N–H and O–H groups in total. The van der Waals surface area contributed by atoms with Gasteiger partial charge in [0.2, 0.25) is 0 Å². The van der Waals surface area contributed by atoms with Gasteiger partial charge in [-0.15, -0.1) is 11.3 Å². The number of benzene rings is 8. The van der Waals surface area contributed by atoms with E-state index in [9.17, 15) is 0 Å². The number of thiophene rings is 1. The summed E-state index contributed by atoms with van der Waals surface area (Å²) in [6.07, 6.45) is 0. The van der Waals surface area contributed by atoms with E-state index in [1.54, 1.807) is 0 Å². The molecule has 0 amide bonds. The van der Waals surface area contributed by atoms with Gasteiger partial charge in [-0.1, -0.05) is 140 Å². The largest absolute Gasteiger partial charge is 0.311 e. The molecule has 2 heteroatoms. The van der Waals surface area contributed by atoms with Gasteiger partial charge in [-0.25, -0.2) is 0 Å². The minimum absolute atomic E-state index is 1.12. The molecule has 1 aromatic heterocycles. The normalized spacial score (nSPS) is 11.3. The molecule has 0 aliphatic rings. The first-order valence-electron chi connectivity index (χ1n) is 16.3. The number of rotatable bonds is 6. The quantitative estimate of drug-likeness (QED) is 0.177. The van der Waals surface area contributed by atoms with Gasteiger partial charge in [0.25, 0.3) is 0 Å². The van der Waals surface area contributed by atoms with Crippen molar-refractivity contribution in [3.63, 3.8) is 0 Å². The SMILES string of the molecule is c1ccc(N(c2ccc(-c3cccc(-c4cccc5ccccc45)c3)cc2)c2ccc(-c3cccc4c3sc3ccccc34)cc2)cc1. The van der Waals surface area contributed by atoms with Crippen LogP contribution in [0.25, 0.3) is 64.3 Å². The highest BCUT2D eigenvalue weighted by molar-refractivity contribution is 7.26. The van der Waals surface area contributed by atoms with Gasteiger partial charge in [-0.05, 0) is 92.7 Å². The third-order valence-electron chi connectivity index (χ3n) is 9.28. The molecule has 48 heavy (non-hydrogen) atoms. The standard InChI is InChI=1S/C46H31NS/c1-2-15-37(16-3-1)47(39-29-25-34(26-30-39)42-20-10-21-44-43-18-6-7-22-45(43)48-46(42)44)38-27-23-32(24-28-38)35-13-8-14-36(31-35)41-19-9-12-33-11-4-5-17-40(33)41/h1-31H. The summed E-state index contributed by atoms with van der Waals surface area (Å²) in [6.45, 7) is 0. The number of fused-ring (bicyclic) bond motifs is 4. The highest BCUT2D eigenvalue weighted by Gasteiger charge is 2.15. The molecule has 0 fully saturated rings. The van der Waals surface area contributed by atoms with Crippen molar-refractivity contribution in [3.8, 4) is 33.4 Å². The zero-order chi connectivity index (χ0) is 31.9. The van der Waals surface area contributed by atoms with Crippen molar-refractivity contribution in [2.75, 3.05) is 4.90 Å². The summed E-state index contributed by atoms with van der Waals surface area (Å²) in [5.74, 6) is 0. The lowest BCUT2D eigenvalue weighted by Gasteiger charge is -2.26. The van der Waals surface area contributed by atoms with Crippen molar-refractivity contribution in [2.45, 2.75) is 0 Å². The molecule has 0 radical (unpaired) electrons. The first-order valence-corrected chi connectivity index (χ1v) is 17.2. The Labute approximate surface area is 284 Å². The Morgan fingerprint density at radius 3 is 1.71 bits per heavy atom. The zero-order valence-electron chi connectivity index (χ0n) is 26.3. The summed E-state index contributed by atoms with van der Waals surface area (Å²) in [5.41, 5.74) is 10.8. The number of para-hydroxylation sites is 1. The Morgan fingerprint density at radius 1 is 0.333 bits per heavy atom. The van der Waals surface area contributed by atoms with Gasteiger partial charge in [0, 0.05) is 37.2 Å². The predicted octanol–water partition coefficient (Wildman–Crippen LogP) is 13.7. The lowest BCUT2D eigenvalue weighted by atomic mass is 9.95. The molecule has 0 bridgehead atoms. The van der Waals surface area contributed by atoms with Crippen molar-refractivity contribution >= 4 is 59.3 Å². The molecule has 0 aliphatic carbocycles. The van der Waals surface area contributed by atoms with E-state index in [2.05, 4.69) is 193 Å². The van der Waals surface area contributed by atoms with Crippen molar-refractivity contribution in [3.05, 3.63) is 188 Å². The molecule has 1 heterocycles. The fraction of sp³-hybridized carbons (Fsp3) is 0. The molecule has 8 aromatic carbocycles. The second-order valence-electron chi connectivity index (χ2n) is 12.2. The van der Waals surface area contributed by atoms with Crippen LogP contribution in [0.3, 0.4) is 0 Å². The van der Waals surface area contributed by atoms with Crippen LogP contribution < -0.4 is 4.90 Å². The third kappa shape index (κ3) is 5.04. The number of hydrogen-bond acceptors (Lipinski definition) is 2. The first-order chi connectivity index (χ1) is 23.8. The highest BCUT2D eigenvalue weighted by atomic mass is 32.1. The van der Waals surface area contributed by atoms with Crippen LogP contribution in [0.2, 0.25) is 0 Å². The van der Waals surface area contributed by atoms with Gasteiger partial charge in [-0.2, -0.15) is 0 Å². The Hall–Kier alpha value is -5.96. The van der Waals surface area contributed by atoms with Crippen LogP contribution in [0.15, 0.2) is 188 Å². The van der Waals surface area contributed by atoms with Crippen LogP contribution in [-0.2, 0) is 0 Å². The second-order valence-corrected chi connectivity index (χ2v) is 13.2. The maximum absolute atomic E-state index is 2.33. The molecule has 0 saturated heterocycles. The van der Waals surface area contributed by atoms with Crippen LogP contribution in [0.4, 0.5) is 17.1 Å². The van der Waals surface area contributed by atoms with E-state index >= 15 is 0 Å². The number of anilines is 3. The Morgan fingerprint density at radius 2 is 0.896 bits per heavy atom.